The maximum Gasteiger partial charge on any atom is 0.411 e. The molecule has 26 heavy (non-hydrogen) atoms. The summed E-state index contributed by atoms with van der Waals surface area (Å²) in [6, 6.07) is 6.37. The zero-order chi connectivity index (χ0) is 19.7. The van der Waals surface area contributed by atoms with Crippen LogP contribution in [0.2, 0.25) is 0 Å². The average molecular weight is 444 g/mol. The largest absolute Gasteiger partial charge is 0.444 e. The summed E-state index contributed by atoms with van der Waals surface area (Å²) in [5.74, 6) is -1.32. The third-order valence-corrected chi connectivity index (χ3v) is 6.29. The molecule has 0 bridgehead atoms. The molecule has 1 aromatic carbocycles. The first-order valence-corrected chi connectivity index (χ1v) is 9.58. The van der Waals surface area contributed by atoms with Gasteiger partial charge in [0.25, 0.3) is 0 Å². The minimum Gasteiger partial charge on any atom is -0.444 e. The van der Waals surface area contributed by atoms with Crippen molar-refractivity contribution in [1.29, 1.82) is 0 Å². The maximum absolute atomic E-state index is 12.5. The van der Waals surface area contributed by atoms with Crippen molar-refractivity contribution in [2.75, 3.05) is 6.54 Å². The summed E-state index contributed by atoms with van der Waals surface area (Å²) in [7, 11) is 0. The zero-order valence-electron chi connectivity index (χ0n) is 14.8. The van der Waals surface area contributed by atoms with Gasteiger partial charge in [-0.1, -0.05) is 12.1 Å². The average Bonchev–Trinajstić information content (AvgIpc) is 2.89. The van der Waals surface area contributed by atoms with Crippen LogP contribution in [0.25, 0.3) is 0 Å². The number of benzene rings is 1. The zero-order valence-corrected chi connectivity index (χ0v) is 17.2. The standard InChI is InChI=1S/C17H22BrN3O4S/c1-16(2,3)25-15(24)21-9-17(14(20)23,8-11(21)13(19)22)26-12-7-5-4-6-10(12)18/h4-7,11H,8-9H2,1-3H3,(H2,19,22)(H2,20,23)/t11-,17+/m0/s1. The van der Waals surface area contributed by atoms with Gasteiger partial charge in [-0.3, -0.25) is 14.5 Å². The number of thioether (sulfide) groups is 1. The van der Waals surface area contributed by atoms with Crippen LogP contribution >= 0.6 is 27.7 Å². The minimum atomic E-state index is -1.18. The SMILES string of the molecule is CC(C)(C)OC(=O)N1C[C@@](Sc2ccccc2Br)(C(N)=O)C[C@H]1C(N)=O. The lowest BCUT2D eigenvalue weighted by atomic mass is 10.0. The number of primary amides is 2. The molecule has 0 aliphatic carbocycles. The Morgan fingerprint density at radius 3 is 2.38 bits per heavy atom. The van der Waals surface area contributed by atoms with E-state index in [2.05, 4.69) is 15.9 Å². The predicted molar refractivity (Wildman–Crippen MR) is 102 cm³/mol. The lowest BCUT2D eigenvalue weighted by Gasteiger charge is -2.28. The van der Waals surface area contributed by atoms with Crippen LogP contribution in [0.3, 0.4) is 0 Å². The van der Waals surface area contributed by atoms with Gasteiger partial charge in [-0.2, -0.15) is 0 Å². The van der Waals surface area contributed by atoms with E-state index >= 15 is 0 Å². The molecule has 0 spiro atoms. The van der Waals surface area contributed by atoms with Crippen LogP contribution < -0.4 is 11.5 Å². The van der Waals surface area contributed by atoms with Gasteiger partial charge < -0.3 is 16.2 Å². The van der Waals surface area contributed by atoms with Gasteiger partial charge in [-0.05, 0) is 48.8 Å². The highest BCUT2D eigenvalue weighted by Gasteiger charge is 2.53. The van der Waals surface area contributed by atoms with Crippen molar-refractivity contribution < 1.29 is 19.1 Å². The number of halogens is 1. The second-order valence-electron chi connectivity index (χ2n) is 7.12. The smallest absolute Gasteiger partial charge is 0.411 e. The molecule has 1 fully saturated rings. The quantitative estimate of drug-likeness (QED) is 0.739. The molecule has 1 heterocycles. The number of rotatable bonds is 4. The van der Waals surface area contributed by atoms with Gasteiger partial charge in [0.05, 0.1) is 0 Å². The fourth-order valence-corrected chi connectivity index (χ4v) is 4.49. The molecule has 2 atom stereocenters. The number of carbonyl (C=O) groups excluding carboxylic acids is 3. The van der Waals surface area contributed by atoms with Crippen molar-refractivity contribution in [1.82, 2.24) is 4.90 Å². The van der Waals surface area contributed by atoms with Gasteiger partial charge in [0.2, 0.25) is 11.8 Å². The minimum absolute atomic E-state index is 0.0307. The first-order valence-electron chi connectivity index (χ1n) is 7.97. The summed E-state index contributed by atoms with van der Waals surface area (Å²) in [4.78, 5) is 38.7. The van der Waals surface area contributed by atoms with Crippen molar-refractivity contribution in [3.05, 3.63) is 28.7 Å². The van der Waals surface area contributed by atoms with Crippen LogP contribution in [-0.2, 0) is 14.3 Å². The molecule has 3 amide bonds. The molecule has 4 N–H and O–H groups in total. The van der Waals surface area contributed by atoms with Crippen LogP contribution in [0.1, 0.15) is 27.2 Å². The summed E-state index contributed by atoms with van der Waals surface area (Å²) in [5.41, 5.74) is 10.4. The van der Waals surface area contributed by atoms with Crippen molar-refractivity contribution in [3.8, 4) is 0 Å². The van der Waals surface area contributed by atoms with E-state index in [1.807, 2.05) is 24.3 Å². The van der Waals surface area contributed by atoms with Crippen molar-refractivity contribution >= 4 is 45.6 Å². The van der Waals surface area contributed by atoms with E-state index in [-0.39, 0.29) is 13.0 Å². The van der Waals surface area contributed by atoms with E-state index in [9.17, 15) is 14.4 Å². The number of hydrogen-bond donors (Lipinski definition) is 2. The Morgan fingerprint density at radius 1 is 1.27 bits per heavy atom. The fourth-order valence-electron chi connectivity index (χ4n) is 2.68. The Bertz CT molecular complexity index is 737. The second-order valence-corrected chi connectivity index (χ2v) is 9.40. The van der Waals surface area contributed by atoms with Gasteiger partial charge in [0.15, 0.2) is 0 Å². The molecule has 2 rings (SSSR count). The summed E-state index contributed by atoms with van der Waals surface area (Å²) in [6.45, 7) is 5.10. The number of hydrogen-bond acceptors (Lipinski definition) is 5. The molecule has 0 unspecified atom stereocenters. The number of carbonyl (C=O) groups is 3. The van der Waals surface area contributed by atoms with E-state index < -0.39 is 34.3 Å². The van der Waals surface area contributed by atoms with Gasteiger partial charge in [0.1, 0.15) is 16.4 Å². The second kappa shape index (κ2) is 7.48. The molecule has 9 heteroatoms. The van der Waals surface area contributed by atoms with E-state index in [1.165, 1.54) is 16.7 Å². The Labute approximate surface area is 164 Å². The van der Waals surface area contributed by atoms with Gasteiger partial charge in [-0.15, -0.1) is 11.8 Å². The van der Waals surface area contributed by atoms with E-state index in [0.29, 0.717) is 0 Å². The number of amides is 3. The topological polar surface area (TPSA) is 116 Å². The highest BCUT2D eigenvalue weighted by Crippen LogP contribution is 2.45. The third-order valence-electron chi connectivity index (χ3n) is 3.87. The highest BCUT2D eigenvalue weighted by atomic mass is 79.9. The Balaban J connectivity index is 2.36. The van der Waals surface area contributed by atoms with E-state index in [1.54, 1.807) is 20.8 Å². The Kier molecular flexibility index (Phi) is 5.92. The molecular weight excluding hydrogens is 422 g/mol. The molecule has 142 valence electrons. The number of likely N-dealkylation sites (tertiary alicyclic amines) is 1. The molecule has 1 saturated heterocycles. The molecule has 7 nitrogen and oxygen atoms in total. The number of ether oxygens (including phenoxy) is 1. The van der Waals surface area contributed by atoms with Crippen molar-refractivity contribution in [2.24, 2.45) is 11.5 Å². The van der Waals surface area contributed by atoms with Crippen molar-refractivity contribution in [2.45, 2.75) is 48.5 Å². The lowest BCUT2D eigenvalue weighted by molar-refractivity contribution is -0.122. The van der Waals surface area contributed by atoms with Crippen LogP contribution in [0, 0.1) is 0 Å². The summed E-state index contributed by atoms with van der Waals surface area (Å²) in [5, 5.41) is 0. The summed E-state index contributed by atoms with van der Waals surface area (Å²) in [6.07, 6.45) is -0.666. The third kappa shape index (κ3) is 4.50. The normalized spacial score (nSPS) is 22.9. The number of nitrogens with two attached hydrogens (primary N) is 2. The number of nitrogens with zero attached hydrogens (tertiary/aromatic N) is 1. The van der Waals surface area contributed by atoms with Gasteiger partial charge in [-0.25, -0.2) is 4.79 Å². The van der Waals surface area contributed by atoms with Crippen LogP contribution in [0.15, 0.2) is 33.6 Å². The Hall–Kier alpha value is -1.74. The fraction of sp³-hybridized carbons (Fsp3) is 0.471. The van der Waals surface area contributed by atoms with E-state index in [4.69, 9.17) is 16.2 Å². The lowest BCUT2D eigenvalue weighted by Crippen LogP contribution is -2.47. The summed E-state index contributed by atoms with van der Waals surface area (Å²) < 4.78 is 4.97. The van der Waals surface area contributed by atoms with Gasteiger partial charge in [0, 0.05) is 22.3 Å². The summed E-state index contributed by atoms with van der Waals surface area (Å²) >= 11 is 4.65. The first kappa shape index (κ1) is 20.6. The molecule has 1 aliphatic heterocycles. The Morgan fingerprint density at radius 2 is 1.88 bits per heavy atom. The molecule has 1 aromatic rings. The van der Waals surface area contributed by atoms with Gasteiger partial charge >= 0.3 is 6.09 Å². The van der Waals surface area contributed by atoms with Crippen LogP contribution in [-0.4, -0.2) is 45.7 Å². The molecule has 0 aromatic heterocycles. The monoisotopic (exact) mass is 443 g/mol. The van der Waals surface area contributed by atoms with Crippen molar-refractivity contribution in [3.63, 3.8) is 0 Å². The molecule has 0 radical (unpaired) electrons. The van der Waals surface area contributed by atoms with Crippen LogP contribution in [0.5, 0.6) is 0 Å². The highest BCUT2D eigenvalue weighted by molar-refractivity contribution is 9.10. The van der Waals surface area contributed by atoms with Crippen LogP contribution in [0.4, 0.5) is 4.79 Å². The first-order chi connectivity index (χ1) is 11.9. The molecular formula is C17H22BrN3O4S. The molecule has 1 aliphatic rings. The molecule has 0 saturated carbocycles. The maximum atomic E-state index is 12.5. The predicted octanol–water partition coefficient (Wildman–Crippen LogP) is 2.26. The van der Waals surface area contributed by atoms with E-state index in [0.717, 1.165) is 9.37 Å².